The van der Waals surface area contributed by atoms with Crippen molar-refractivity contribution in [2.75, 3.05) is 0 Å². The van der Waals surface area contributed by atoms with Crippen molar-refractivity contribution in [1.29, 1.82) is 0 Å². The van der Waals surface area contributed by atoms with Gasteiger partial charge in [-0.3, -0.25) is 0 Å². The number of hydrogen-bond donors (Lipinski definition) is 0. The topological polar surface area (TPSA) is 0 Å². The van der Waals surface area contributed by atoms with Crippen LogP contribution in [-0.4, -0.2) is 0 Å². The standard InChI is InChI=1S/C11H16/c1-4-9(2)11-8-6-5-7-10(11)3/h5-9H,4H2,1-3H3/t9-/m0/s1. The molecule has 0 spiro atoms. The summed E-state index contributed by atoms with van der Waals surface area (Å²) in [5, 5.41) is 0. The van der Waals surface area contributed by atoms with Crippen molar-refractivity contribution in [1.82, 2.24) is 0 Å². The monoisotopic (exact) mass is 148 g/mol. The smallest absolute Gasteiger partial charge is 0.0190 e. The quantitative estimate of drug-likeness (QED) is 0.602. The van der Waals surface area contributed by atoms with E-state index in [0.29, 0.717) is 5.92 Å². The Hall–Kier alpha value is -0.780. The molecule has 0 nitrogen and oxygen atoms in total. The van der Waals surface area contributed by atoms with E-state index in [1.54, 1.807) is 0 Å². The SMILES string of the molecule is CC[C@H](C)c1ccccc1C. The predicted octanol–water partition coefficient (Wildman–Crippen LogP) is 3.51. The minimum atomic E-state index is 0.705. The molecule has 1 aromatic carbocycles. The normalized spacial score (nSPS) is 13.0. The zero-order chi connectivity index (χ0) is 8.27. The van der Waals surface area contributed by atoms with Gasteiger partial charge in [-0.15, -0.1) is 0 Å². The van der Waals surface area contributed by atoms with Gasteiger partial charge in [-0.1, -0.05) is 38.1 Å². The Balaban J connectivity index is 2.93. The second-order valence-electron chi connectivity index (χ2n) is 3.17. The highest BCUT2D eigenvalue weighted by Crippen LogP contribution is 2.21. The molecule has 0 aliphatic heterocycles. The lowest BCUT2D eigenvalue weighted by Gasteiger charge is -2.11. The molecule has 60 valence electrons. The molecule has 0 unspecified atom stereocenters. The number of aryl methyl sites for hydroxylation is 1. The zero-order valence-electron chi connectivity index (χ0n) is 7.59. The third-order valence-electron chi connectivity index (χ3n) is 2.33. The van der Waals surface area contributed by atoms with Gasteiger partial charge >= 0.3 is 0 Å². The van der Waals surface area contributed by atoms with Gasteiger partial charge in [-0.2, -0.15) is 0 Å². The van der Waals surface area contributed by atoms with Gasteiger partial charge in [0.15, 0.2) is 0 Å². The molecule has 0 amide bonds. The summed E-state index contributed by atoms with van der Waals surface area (Å²) in [6.07, 6.45) is 1.23. The fourth-order valence-corrected chi connectivity index (χ4v) is 1.36. The Labute approximate surface area is 69.3 Å². The average Bonchev–Trinajstić information content (AvgIpc) is 2.04. The molecule has 0 aliphatic rings. The molecule has 11 heavy (non-hydrogen) atoms. The summed E-state index contributed by atoms with van der Waals surface area (Å²) in [6, 6.07) is 8.63. The van der Waals surface area contributed by atoms with Crippen LogP contribution in [0.5, 0.6) is 0 Å². The summed E-state index contributed by atoms with van der Waals surface area (Å²) >= 11 is 0. The largest absolute Gasteiger partial charge is 0.0648 e. The second kappa shape index (κ2) is 3.56. The minimum Gasteiger partial charge on any atom is -0.0648 e. The summed E-state index contributed by atoms with van der Waals surface area (Å²) in [6.45, 7) is 6.70. The highest BCUT2D eigenvalue weighted by molar-refractivity contribution is 5.28. The highest BCUT2D eigenvalue weighted by atomic mass is 14.1. The van der Waals surface area contributed by atoms with E-state index in [1.807, 2.05) is 0 Å². The van der Waals surface area contributed by atoms with Crippen molar-refractivity contribution >= 4 is 0 Å². The maximum Gasteiger partial charge on any atom is -0.0190 e. The summed E-state index contributed by atoms with van der Waals surface area (Å²) < 4.78 is 0. The Morgan fingerprint density at radius 2 is 1.91 bits per heavy atom. The molecule has 0 bridgehead atoms. The van der Waals surface area contributed by atoms with Crippen LogP contribution in [-0.2, 0) is 0 Å². The van der Waals surface area contributed by atoms with Crippen molar-refractivity contribution in [3.63, 3.8) is 0 Å². The first-order valence-electron chi connectivity index (χ1n) is 4.31. The van der Waals surface area contributed by atoms with Crippen molar-refractivity contribution in [3.05, 3.63) is 35.4 Å². The van der Waals surface area contributed by atoms with Crippen molar-refractivity contribution in [2.45, 2.75) is 33.1 Å². The summed E-state index contributed by atoms with van der Waals surface area (Å²) in [7, 11) is 0. The van der Waals surface area contributed by atoms with Gasteiger partial charge in [-0.25, -0.2) is 0 Å². The molecular formula is C11H16. The summed E-state index contributed by atoms with van der Waals surface area (Å²) in [5.74, 6) is 0.705. The lowest BCUT2D eigenvalue weighted by Crippen LogP contribution is -1.93. The Bertz CT molecular complexity index is 225. The highest BCUT2D eigenvalue weighted by Gasteiger charge is 2.03. The average molecular weight is 148 g/mol. The lowest BCUT2D eigenvalue weighted by molar-refractivity contribution is 0.728. The van der Waals surface area contributed by atoms with Crippen LogP contribution in [0, 0.1) is 6.92 Å². The maximum absolute atomic E-state index is 2.28. The molecule has 0 saturated heterocycles. The van der Waals surface area contributed by atoms with Gasteiger partial charge in [-0.05, 0) is 30.4 Å². The van der Waals surface area contributed by atoms with E-state index in [9.17, 15) is 0 Å². The molecule has 0 heteroatoms. The minimum absolute atomic E-state index is 0.705. The third-order valence-corrected chi connectivity index (χ3v) is 2.33. The molecule has 1 atom stereocenters. The van der Waals surface area contributed by atoms with E-state index in [0.717, 1.165) is 0 Å². The van der Waals surface area contributed by atoms with Crippen molar-refractivity contribution in [3.8, 4) is 0 Å². The van der Waals surface area contributed by atoms with Crippen LogP contribution >= 0.6 is 0 Å². The van der Waals surface area contributed by atoms with Gasteiger partial charge in [0.1, 0.15) is 0 Å². The number of benzene rings is 1. The van der Waals surface area contributed by atoms with Gasteiger partial charge < -0.3 is 0 Å². The van der Waals surface area contributed by atoms with Gasteiger partial charge in [0.05, 0.1) is 0 Å². The van der Waals surface area contributed by atoms with E-state index in [2.05, 4.69) is 45.0 Å². The molecule has 0 aliphatic carbocycles. The Morgan fingerprint density at radius 1 is 1.27 bits per heavy atom. The first-order chi connectivity index (χ1) is 5.25. The molecule has 0 fully saturated rings. The fraction of sp³-hybridized carbons (Fsp3) is 0.455. The van der Waals surface area contributed by atoms with Crippen LogP contribution in [0.15, 0.2) is 24.3 Å². The van der Waals surface area contributed by atoms with Crippen LogP contribution in [0.2, 0.25) is 0 Å². The van der Waals surface area contributed by atoms with E-state index < -0.39 is 0 Å². The molecule has 1 rings (SSSR count). The number of rotatable bonds is 2. The van der Waals surface area contributed by atoms with Gasteiger partial charge in [0.25, 0.3) is 0 Å². The molecule has 1 aromatic rings. The lowest BCUT2D eigenvalue weighted by atomic mass is 9.95. The van der Waals surface area contributed by atoms with Gasteiger partial charge in [0, 0.05) is 0 Å². The predicted molar refractivity (Wildman–Crippen MR) is 49.9 cm³/mol. The first kappa shape index (κ1) is 8.32. The molecular weight excluding hydrogens is 132 g/mol. The first-order valence-corrected chi connectivity index (χ1v) is 4.31. The second-order valence-corrected chi connectivity index (χ2v) is 3.17. The van der Waals surface area contributed by atoms with E-state index in [1.165, 1.54) is 17.5 Å². The van der Waals surface area contributed by atoms with Crippen LogP contribution in [0.3, 0.4) is 0 Å². The Kier molecular flexibility index (Phi) is 2.70. The van der Waals surface area contributed by atoms with Crippen molar-refractivity contribution in [2.24, 2.45) is 0 Å². The molecule has 0 N–H and O–H groups in total. The maximum atomic E-state index is 2.28. The third kappa shape index (κ3) is 1.83. The summed E-state index contributed by atoms with van der Waals surface area (Å²) in [4.78, 5) is 0. The molecule has 0 saturated carbocycles. The van der Waals surface area contributed by atoms with E-state index in [-0.39, 0.29) is 0 Å². The van der Waals surface area contributed by atoms with E-state index >= 15 is 0 Å². The van der Waals surface area contributed by atoms with Crippen LogP contribution in [0.1, 0.15) is 37.3 Å². The molecule has 0 radical (unpaired) electrons. The fourth-order valence-electron chi connectivity index (χ4n) is 1.36. The summed E-state index contributed by atoms with van der Waals surface area (Å²) in [5.41, 5.74) is 2.91. The van der Waals surface area contributed by atoms with Crippen LogP contribution in [0.25, 0.3) is 0 Å². The zero-order valence-corrected chi connectivity index (χ0v) is 7.59. The van der Waals surface area contributed by atoms with Gasteiger partial charge in [0.2, 0.25) is 0 Å². The Morgan fingerprint density at radius 3 is 2.45 bits per heavy atom. The van der Waals surface area contributed by atoms with E-state index in [4.69, 9.17) is 0 Å². The van der Waals surface area contributed by atoms with Crippen molar-refractivity contribution < 1.29 is 0 Å². The number of hydrogen-bond acceptors (Lipinski definition) is 0. The van der Waals surface area contributed by atoms with Crippen LogP contribution in [0.4, 0.5) is 0 Å². The molecule has 0 heterocycles. The van der Waals surface area contributed by atoms with Crippen LogP contribution < -0.4 is 0 Å². The molecule has 0 aromatic heterocycles.